The minimum absolute atomic E-state index is 0.178. The van der Waals surface area contributed by atoms with E-state index in [1.807, 2.05) is 24.3 Å². The molecule has 1 amide bonds. The van der Waals surface area contributed by atoms with Crippen molar-refractivity contribution in [1.29, 1.82) is 0 Å². The lowest BCUT2D eigenvalue weighted by Crippen LogP contribution is -2.23. The number of methoxy groups -OCH3 is 1. The number of benzene rings is 1. The van der Waals surface area contributed by atoms with Crippen molar-refractivity contribution in [2.45, 2.75) is 25.7 Å². The zero-order chi connectivity index (χ0) is 14.4. The van der Waals surface area contributed by atoms with Crippen LogP contribution < -0.4 is 9.64 Å². The average Bonchev–Trinajstić information content (AvgIpc) is 2.90. The Hall–Kier alpha value is -2.04. The molecule has 0 aliphatic carbocycles. The van der Waals surface area contributed by atoms with Crippen LogP contribution in [0.1, 0.15) is 25.7 Å². The summed E-state index contributed by atoms with van der Waals surface area (Å²) in [6, 6.07) is 7.47. The van der Waals surface area contributed by atoms with Gasteiger partial charge in [0.1, 0.15) is 5.75 Å². The van der Waals surface area contributed by atoms with E-state index in [9.17, 15) is 9.59 Å². The predicted octanol–water partition coefficient (Wildman–Crippen LogP) is 2.15. The molecule has 0 bridgehead atoms. The van der Waals surface area contributed by atoms with E-state index in [0.717, 1.165) is 24.4 Å². The van der Waals surface area contributed by atoms with Crippen LogP contribution in [0.5, 0.6) is 5.75 Å². The molecular weight excluding hydrogens is 258 g/mol. The first-order valence-electron chi connectivity index (χ1n) is 6.81. The predicted molar refractivity (Wildman–Crippen MR) is 74.8 cm³/mol. The van der Waals surface area contributed by atoms with Gasteiger partial charge in [0.15, 0.2) is 0 Å². The molecule has 0 N–H and O–H groups in total. The Morgan fingerprint density at radius 2 is 2.05 bits per heavy atom. The van der Waals surface area contributed by atoms with E-state index >= 15 is 0 Å². The Bertz CT molecular complexity index is 469. The first-order chi connectivity index (χ1) is 9.70. The van der Waals surface area contributed by atoms with Gasteiger partial charge in [0.2, 0.25) is 5.91 Å². The maximum Gasteiger partial charge on any atom is 0.305 e. The number of rotatable bonds is 6. The summed E-state index contributed by atoms with van der Waals surface area (Å²) in [7, 11) is 1.38. The molecule has 1 aromatic carbocycles. The van der Waals surface area contributed by atoms with Gasteiger partial charge >= 0.3 is 5.97 Å². The molecule has 0 unspecified atom stereocenters. The third-order valence-electron chi connectivity index (χ3n) is 3.24. The maximum atomic E-state index is 11.6. The van der Waals surface area contributed by atoms with Gasteiger partial charge in [0.05, 0.1) is 13.7 Å². The van der Waals surface area contributed by atoms with E-state index in [1.54, 1.807) is 4.90 Å². The van der Waals surface area contributed by atoms with Crippen molar-refractivity contribution in [1.82, 2.24) is 0 Å². The van der Waals surface area contributed by atoms with Gasteiger partial charge in [-0.1, -0.05) is 0 Å². The first-order valence-corrected chi connectivity index (χ1v) is 6.81. The van der Waals surface area contributed by atoms with Crippen LogP contribution in [0, 0.1) is 0 Å². The fourth-order valence-corrected chi connectivity index (χ4v) is 2.15. The minimum atomic E-state index is -0.225. The highest BCUT2D eigenvalue weighted by atomic mass is 16.5. The maximum absolute atomic E-state index is 11.6. The van der Waals surface area contributed by atoms with Gasteiger partial charge in [0, 0.05) is 25.1 Å². The fourth-order valence-electron chi connectivity index (χ4n) is 2.15. The van der Waals surface area contributed by atoms with Gasteiger partial charge in [-0.05, 0) is 37.1 Å². The molecule has 0 saturated carbocycles. The number of nitrogens with zero attached hydrogens (tertiary/aromatic N) is 1. The second-order valence-corrected chi connectivity index (χ2v) is 4.67. The smallest absolute Gasteiger partial charge is 0.305 e. The molecular formula is C15H19NO4. The second kappa shape index (κ2) is 6.93. The highest BCUT2D eigenvalue weighted by Crippen LogP contribution is 2.23. The Balaban J connectivity index is 1.79. The van der Waals surface area contributed by atoms with Crippen molar-refractivity contribution < 1.29 is 19.1 Å². The number of esters is 1. The van der Waals surface area contributed by atoms with Gasteiger partial charge in [-0.25, -0.2) is 0 Å². The van der Waals surface area contributed by atoms with E-state index in [4.69, 9.17) is 4.74 Å². The van der Waals surface area contributed by atoms with Crippen molar-refractivity contribution in [3.05, 3.63) is 24.3 Å². The number of hydrogen-bond acceptors (Lipinski definition) is 4. The molecule has 1 aromatic rings. The Morgan fingerprint density at radius 1 is 1.30 bits per heavy atom. The zero-order valence-electron chi connectivity index (χ0n) is 11.6. The lowest BCUT2D eigenvalue weighted by atomic mass is 10.2. The monoisotopic (exact) mass is 277 g/mol. The normalized spacial score (nSPS) is 14.4. The van der Waals surface area contributed by atoms with Gasteiger partial charge in [-0.3, -0.25) is 9.59 Å². The molecule has 0 radical (unpaired) electrons. The lowest BCUT2D eigenvalue weighted by molar-refractivity contribution is -0.140. The van der Waals surface area contributed by atoms with Crippen LogP contribution in [0.2, 0.25) is 0 Å². The quantitative estimate of drug-likeness (QED) is 0.590. The summed E-state index contributed by atoms with van der Waals surface area (Å²) < 4.78 is 10.1. The lowest BCUT2D eigenvalue weighted by Gasteiger charge is -2.16. The summed E-state index contributed by atoms with van der Waals surface area (Å²) in [5.41, 5.74) is 0.911. The summed E-state index contributed by atoms with van der Waals surface area (Å²) in [4.78, 5) is 24.3. The Morgan fingerprint density at radius 3 is 2.65 bits per heavy atom. The van der Waals surface area contributed by atoms with Crippen molar-refractivity contribution >= 4 is 17.6 Å². The molecule has 1 saturated heterocycles. The summed E-state index contributed by atoms with van der Waals surface area (Å²) in [6.07, 6.45) is 2.53. The molecule has 1 aliphatic rings. The van der Waals surface area contributed by atoms with Crippen LogP contribution in [0.4, 0.5) is 5.69 Å². The van der Waals surface area contributed by atoms with Crippen LogP contribution in [0.15, 0.2) is 24.3 Å². The van der Waals surface area contributed by atoms with Crippen LogP contribution in [0.25, 0.3) is 0 Å². The summed E-state index contributed by atoms with van der Waals surface area (Å²) >= 11 is 0. The first kappa shape index (κ1) is 14.4. The number of carbonyl (C=O) groups excluding carboxylic acids is 2. The number of amides is 1. The summed E-state index contributed by atoms with van der Waals surface area (Å²) in [5, 5.41) is 0. The third-order valence-corrected chi connectivity index (χ3v) is 3.24. The topological polar surface area (TPSA) is 55.8 Å². The fraction of sp³-hybridized carbons (Fsp3) is 0.467. The van der Waals surface area contributed by atoms with Gasteiger partial charge in [-0.2, -0.15) is 0 Å². The minimum Gasteiger partial charge on any atom is -0.494 e. The third kappa shape index (κ3) is 3.73. The molecule has 2 rings (SSSR count). The van der Waals surface area contributed by atoms with E-state index < -0.39 is 0 Å². The summed E-state index contributed by atoms with van der Waals surface area (Å²) in [5.74, 6) is 0.693. The highest BCUT2D eigenvalue weighted by Gasteiger charge is 2.21. The van der Waals surface area contributed by atoms with Crippen molar-refractivity contribution in [3.63, 3.8) is 0 Å². The number of ether oxygens (including phenoxy) is 2. The van der Waals surface area contributed by atoms with Gasteiger partial charge in [0.25, 0.3) is 0 Å². The van der Waals surface area contributed by atoms with E-state index in [-0.39, 0.29) is 11.9 Å². The van der Waals surface area contributed by atoms with Gasteiger partial charge in [-0.15, -0.1) is 0 Å². The van der Waals surface area contributed by atoms with Crippen LogP contribution >= 0.6 is 0 Å². The molecule has 0 spiro atoms. The van der Waals surface area contributed by atoms with Crippen LogP contribution in [-0.4, -0.2) is 32.1 Å². The summed E-state index contributed by atoms with van der Waals surface area (Å²) in [6.45, 7) is 1.26. The number of hydrogen-bond donors (Lipinski definition) is 0. The van der Waals surface area contributed by atoms with Crippen molar-refractivity contribution in [2.24, 2.45) is 0 Å². The molecule has 0 aromatic heterocycles. The Labute approximate surface area is 118 Å². The second-order valence-electron chi connectivity index (χ2n) is 4.67. The van der Waals surface area contributed by atoms with E-state index in [2.05, 4.69) is 4.74 Å². The Kier molecular flexibility index (Phi) is 4.98. The highest BCUT2D eigenvalue weighted by molar-refractivity contribution is 5.95. The molecule has 5 nitrogen and oxygen atoms in total. The van der Waals surface area contributed by atoms with Gasteiger partial charge < -0.3 is 14.4 Å². The van der Waals surface area contributed by atoms with Crippen molar-refractivity contribution in [3.8, 4) is 5.75 Å². The molecule has 5 heteroatoms. The van der Waals surface area contributed by atoms with E-state index in [0.29, 0.717) is 25.9 Å². The molecule has 108 valence electrons. The molecule has 0 atom stereocenters. The van der Waals surface area contributed by atoms with Crippen LogP contribution in [0.3, 0.4) is 0 Å². The van der Waals surface area contributed by atoms with E-state index in [1.165, 1.54) is 7.11 Å². The SMILES string of the molecule is COC(=O)CCCOc1ccc(N2CCCC2=O)cc1. The average molecular weight is 277 g/mol. The molecule has 1 aliphatic heterocycles. The van der Waals surface area contributed by atoms with Crippen molar-refractivity contribution in [2.75, 3.05) is 25.2 Å². The number of carbonyl (C=O) groups is 2. The molecule has 20 heavy (non-hydrogen) atoms. The zero-order valence-corrected chi connectivity index (χ0v) is 11.6. The largest absolute Gasteiger partial charge is 0.494 e. The standard InChI is InChI=1S/C15H19NO4/c1-19-15(18)5-3-11-20-13-8-6-12(7-9-13)16-10-2-4-14(16)17/h6-9H,2-5,10-11H2,1H3. The molecule has 1 fully saturated rings. The van der Waals surface area contributed by atoms with Crippen LogP contribution in [-0.2, 0) is 14.3 Å². The number of anilines is 1. The molecule has 1 heterocycles.